The number of hydrogen-bond donors (Lipinski definition) is 0. The first-order valence-corrected chi connectivity index (χ1v) is 44.9. The fourth-order valence-electron chi connectivity index (χ4n) is 18.3. The van der Waals surface area contributed by atoms with E-state index in [4.69, 9.17) is 0 Å². The molecule has 10 aromatic carbocycles. The van der Waals surface area contributed by atoms with Crippen LogP contribution in [0.3, 0.4) is 0 Å². The molecule has 27 heteroatoms. The van der Waals surface area contributed by atoms with Gasteiger partial charge in [-0.1, -0.05) is 212 Å². The first kappa shape index (κ1) is 90.9. The van der Waals surface area contributed by atoms with Crippen molar-refractivity contribution in [2.45, 2.75) is 129 Å². The Morgan fingerprint density at radius 3 is 1.02 bits per heavy atom. The van der Waals surface area contributed by atoms with E-state index in [0.717, 1.165) is 13.0 Å². The Morgan fingerprint density at radius 2 is 0.608 bits per heavy atom. The van der Waals surface area contributed by atoms with Crippen LogP contribution in [-0.4, -0.2) is 72.6 Å². The molecule has 0 aromatic heterocycles. The first-order valence-electron chi connectivity index (χ1n) is 38.8. The molecular weight excluding hydrogens is 1640 g/mol. The van der Waals surface area contributed by atoms with Crippen LogP contribution in [0.15, 0.2) is 266 Å². The number of halogens is 18. The van der Waals surface area contributed by atoms with Crippen LogP contribution in [0.5, 0.6) is 0 Å². The van der Waals surface area contributed by atoms with Crippen molar-refractivity contribution in [1.82, 2.24) is 0 Å². The molecule has 0 saturated heterocycles. The van der Waals surface area contributed by atoms with Crippen LogP contribution >= 0.6 is 23.4 Å². The van der Waals surface area contributed by atoms with Gasteiger partial charge in [0.15, 0.2) is 17.1 Å². The van der Waals surface area contributed by atoms with Gasteiger partial charge in [0, 0.05) is 118 Å². The minimum atomic E-state index is -10.7. The molecule has 6 aliphatic rings. The maximum absolute atomic E-state index is 10.7. The summed E-state index contributed by atoms with van der Waals surface area (Å²) in [7, 11) is -21.0. The molecule has 6 heterocycles. The summed E-state index contributed by atoms with van der Waals surface area (Å²) in [6.07, 6.45) is 21.8. The Kier molecular flexibility index (Phi) is 21.9. The second-order valence-electron chi connectivity index (χ2n) is 34.2. The zero-order valence-electron chi connectivity index (χ0n) is 69.9. The molecule has 10 aromatic rings. The fraction of sp³-hybridized carbons (Fsp3) is 0.280. The molecule has 642 valence electrons. The number of likely N-dealkylation sites (N-methyl/N-ethyl adjacent to an activating group) is 2. The van der Waals surface area contributed by atoms with Gasteiger partial charge in [-0.3, -0.25) is 0 Å². The Hall–Kier alpha value is -9.88. The molecule has 120 heavy (non-hydrogen) atoms. The normalized spacial score (nSPS) is 20.3. The van der Waals surface area contributed by atoms with Crippen molar-refractivity contribution < 1.29 is 89.3 Å². The first-order chi connectivity index (χ1) is 54.6. The van der Waals surface area contributed by atoms with E-state index in [1.54, 1.807) is 0 Å². The molecule has 16 rings (SSSR count). The van der Waals surface area contributed by atoms with Crippen LogP contribution < -0.4 is 14.7 Å². The number of nitrogens with zero attached hydrogens (tertiary/aromatic N) is 6. The quantitative estimate of drug-likeness (QED) is 0.0858. The maximum atomic E-state index is 9.87. The Labute approximate surface area is 688 Å². The summed E-state index contributed by atoms with van der Waals surface area (Å²) in [5.41, 5.74) is 24.1. The van der Waals surface area contributed by atoms with E-state index >= 15 is 0 Å². The number of benzene rings is 10. The second-order valence-corrected chi connectivity index (χ2v) is 40.0. The van der Waals surface area contributed by atoms with E-state index in [1.807, 2.05) is 0 Å². The van der Waals surface area contributed by atoms with Gasteiger partial charge in [0.1, 0.15) is 21.1 Å². The SMILES string of the molecule is CCCN1C(=CC=CC2=[N+](C)c3c(ccc4ccccc34)C2(C)C)C(C)(C)c2ccccc21.CN1/C(=C/C=C/C2=[N+](C)c3ccc4ccccc4c3C2(C)C)C(C)(C)c2c1ccc1ccccc21.CN1C(=CC=CC2=[N+](C)c3ccc4ccccc4c3C2(C)C)C(C)(C)c2ccccc21.F[P-](F)(F)(F)(F)F.F[P-](F)(F)(F)(F)F.F[P-](F)(F)(F)(F)F. The van der Waals surface area contributed by atoms with Gasteiger partial charge in [0.2, 0.25) is 17.1 Å². The van der Waals surface area contributed by atoms with E-state index in [1.165, 1.54) is 145 Å². The molecule has 0 atom stereocenters. The van der Waals surface area contributed by atoms with E-state index in [0.29, 0.717) is 0 Å². The van der Waals surface area contributed by atoms with E-state index in [2.05, 4.69) is 402 Å². The van der Waals surface area contributed by atoms with Crippen molar-refractivity contribution >= 4 is 118 Å². The average molecular weight is 1740 g/mol. The van der Waals surface area contributed by atoms with Crippen molar-refractivity contribution in [3.8, 4) is 0 Å². The molecule has 0 fully saturated rings. The third-order valence-electron chi connectivity index (χ3n) is 23.3. The van der Waals surface area contributed by atoms with Crippen LogP contribution in [0.1, 0.15) is 130 Å². The molecule has 0 saturated carbocycles. The Balaban J connectivity index is 0.000000157. The molecule has 0 N–H and O–H groups in total. The van der Waals surface area contributed by atoms with Gasteiger partial charge >= 0.3 is 99.0 Å². The van der Waals surface area contributed by atoms with Crippen molar-refractivity contribution in [3.05, 3.63) is 299 Å². The van der Waals surface area contributed by atoms with Crippen molar-refractivity contribution in [3.63, 3.8) is 0 Å². The summed E-state index contributed by atoms with van der Waals surface area (Å²) in [6, 6.07) is 70.6. The molecule has 0 amide bonds. The monoisotopic (exact) mass is 1730 g/mol. The zero-order chi connectivity index (χ0) is 89.1. The predicted octanol–water partition coefficient (Wildman–Crippen LogP) is 32.2. The predicted molar refractivity (Wildman–Crippen MR) is 466 cm³/mol. The van der Waals surface area contributed by atoms with Gasteiger partial charge in [0.25, 0.3) is 0 Å². The number of fused-ring (bicyclic) bond motifs is 14. The van der Waals surface area contributed by atoms with Gasteiger partial charge in [-0.2, -0.15) is 13.7 Å². The number of para-hydroxylation sites is 2. The molecule has 0 bridgehead atoms. The molecule has 0 radical (unpaired) electrons. The molecule has 0 aliphatic carbocycles. The third kappa shape index (κ3) is 20.0. The summed E-state index contributed by atoms with van der Waals surface area (Å²) in [5, 5.41) is 10.6. The third-order valence-corrected chi connectivity index (χ3v) is 23.3. The van der Waals surface area contributed by atoms with Crippen molar-refractivity contribution in [1.29, 1.82) is 0 Å². The van der Waals surface area contributed by atoms with Gasteiger partial charge in [-0.05, 0) is 157 Å². The average Bonchev–Trinajstić information content (AvgIpc) is 1.63. The van der Waals surface area contributed by atoms with E-state index < -0.39 is 23.4 Å². The van der Waals surface area contributed by atoms with Gasteiger partial charge in [-0.25, -0.2) is 0 Å². The standard InChI is InChI=1S/C33H33N2.C31H35N2.C29H31N2.3F6P/c1-32(2)28(34(5)26-20-18-22-12-7-9-14-24(22)30(26)32)16-11-17-29-33(3,4)31-25-15-10-8-13-23(25)19-21-27(31)35(29)6;1-7-21-33-26-16-11-10-15-24(26)30(2,3)28(33)18-12-17-27-31(4,5)25-20-19-22-13-8-9-14-23(22)29(25)32(27)6;1-28(2)22-14-9-10-15-23(22)30(5)25(28)16-11-17-26-29(3,4)27-21-13-8-7-12-20(21)18-19-24(27)31(26)6;3*1-7(2,3,4,5)6/h7-21H,1-6H3;8-20H,7,21H2,1-6H3;7-19H,1-6H3;;;/q3*+1;3*-1. The van der Waals surface area contributed by atoms with Crippen LogP contribution in [0.4, 0.5) is 110 Å². The van der Waals surface area contributed by atoms with Crippen molar-refractivity contribution in [2.24, 2.45) is 0 Å². The van der Waals surface area contributed by atoms with Gasteiger partial charge < -0.3 is 14.7 Å². The Morgan fingerprint density at radius 1 is 0.300 bits per heavy atom. The number of hydrogen-bond acceptors (Lipinski definition) is 3. The van der Waals surface area contributed by atoms with E-state index in [-0.39, 0.29) is 32.5 Å². The number of allylic oxidation sites excluding steroid dienone is 12. The second kappa shape index (κ2) is 28.9. The molecule has 0 spiro atoms. The summed E-state index contributed by atoms with van der Waals surface area (Å²) >= 11 is 0. The minimum absolute atomic E-state index is 0.00295. The summed E-state index contributed by atoms with van der Waals surface area (Å²) in [4.78, 5) is 7.20. The molecule has 0 unspecified atom stereocenters. The summed E-state index contributed by atoms with van der Waals surface area (Å²) in [5.74, 6) is 0. The summed E-state index contributed by atoms with van der Waals surface area (Å²) < 4.78 is 185. The molecule has 6 aliphatic heterocycles. The fourth-order valence-corrected chi connectivity index (χ4v) is 18.3. The van der Waals surface area contributed by atoms with Gasteiger partial charge in [0.05, 0.1) is 21.6 Å². The molecule has 6 nitrogen and oxygen atoms in total. The molecular formula is C93H99F18N6P3. The van der Waals surface area contributed by atoms with Crippen LogP contribution in [0.25, 0.3) is 43.1 Å². The summed E-state index contributed by atoms with van der Waals surface area (Å²) in [6.45, 7) is 31.4. The number of rotatable bonds is 8. The van der Waals surface area contributed by atoms with Crippen molar-refractivity contribution in [2.75, 3.05) is 56.5 Å². The Bertz CT molecular complexity index is 6020. The topological polar surface area (TPSA) is 18.8 Å². The van der Waals surface area contributed by atoms with Gasteiger partial charge in [-0.15, -0.1) is 0 Å². The van der Waals surface area contributed by atoms with Crippen LogP contribution in [0.2, 0.25) is 0 Å². The van der Waals surface area contributed by atoms with E-state index in [9.17, 15) is 75.5 Å². The zero-order valence-corrected chi connectivity index (χ0v) is 72.6. The van der Waals surface area contributed by atoms with Crippen LogP contribution in [0, 0.1) is 0 Å². The number of anilines is 3. The van der Waals surface area contributed by atoms with Crippen LogP contribution in [-0.2, 0) is 32.5 Å².